The Labute approximate surface area is 87.7 Å². The molecule has 15 heavy (non-hydrogen) atoms. The van der Waals surface area contributed by atoms with Crippen molar-refractivity contribution in [3.63, 3.8) is 0 Å². The van der Waals surface area contributed by atoms with E-state index >= 15 is 0 Å². The van der Waals surface area contributed by atoms with Gasteiger partial charge in [-0.1, -0.05) is 11.8 Å². The summed E-state index contributed by atoms with van der Waals surface area (Å²) in [5.41, 5.74) is 1.01. The van der Waals surface area contributed by atoms with Gasteiger partial charge in [-0.05, 0) is 13.0 Å². The minimum absolute atomic E-state index is 0.137. The van der Waals surface area contributed by atoms with Crippen LogP contribution in [0.3, 0.4) is 0 Å². The van der Waals surface area contributed by atoms with Crippen molar-refractivity contribution < 1.29 is 9.18 Å². The van der Waals surface area contributed by atoms with Gasteiger partial charge in [0.15, 0.2) is 0 Å². The lowest BCUT2D eigenvalue weighted by Crippen LogP contribution is -2.19. The molecule has 3 nitrogen and oxygen atoms in total. The molecule has 1 aromatic rings. The fourth-order valence-corrected chi connectivity index (χ4v) is 0.954. The minimum Gasteiger partial charge on any atom is -0.345 e. The van der Waals surface area contributed by atoms with Gasteiger partial charge in [0.05, 0.1) is 6.54 Å². The van der Waals surface area contributed by atoms with Crippen molar-refractivity contribution in [1.29, 1.82) is 0 Å². The highest BCUT2D eigenvalue weighted by Gasteiger charge is 2.00. The highest BCUT2D eigenvalue weighted by atomic mass is 19.1. The molecule has 0 spiro atoms. The molecule has 0 aromatic carbocycles. The molecule has 0 radical (unpaired) electrons. The van der Waals surface area contributed by atoms with Crippen LogP contribution in [-0.4, -0.2) is 17.4 Å². The smallest absolute Gasteiger partial charge is 0.217 e. The van der Waals surface area contributed by atoms with E-state index in [0.717, 1.165) is 0 Å². The number of nitrogens with one attached hydrogen (secondary N) is 1. The second kappa shape index (κ2) is 5.11. The van der Waals surface area contributed by atoms with Crippen LogP contribution in [0.5, 0.6) is 0 Å². The van der Waals surface area contributed by atoms with Crippen LogP contribution in [0.15, 0.2) is 12.3 Å². The Morgan fingerprint density at radius 1 is 1.67 bits per heavy atom. The maximum atomic E-state index is 13.0. The first kappa shape index (κ1) is 11.2. The molecule has 4 heteroatoms. The first-order valence-corrected chi connectivity index (χ1v) is 4.45. The Hall–Kier alpha value is -1.89. The number of hydrogen-bond acceptors (Lipinski definition) is 2. The van der Waals surface area contributed by atoms with Crippen LogP contribution in [-0.2, 0) is 4.79 Å². The van der Waals surface area contributed by atoms with Gasteiger partial charge in [0, 0.05) is 24.2 Å². The summed E-state index contributed by atoms with van der Waals surface area (Å²) in [7, 11) is 0. The van der Waals surface area contributed by atoms with Crippen LogP contribution in [0.25, 0.3) is 0 Å². The summed E-state index contributed by atoms with van der Waals surface area (Å²) in [5.74, 6) is 4.84. The Morgan fingerprint density at radius 2 is 2.40 bits per heavy atom. The van der Waals surface area contributed by atoms with Crippen molar-refractivity contribution in [3.05, 3.63) is 29.3 Å². The van der Waals surface area contributed by atoms with Crippen molar-refractivity contribution in [3.8, 4) is 11.8 Å². The number of halogens is 1. The number of carbonyl (C=O) groups is 1. The minimum atomic E-state index is -0.513. The van der Waals surface area contributed by atoms with Gasteiger partial charge in [0.1, 0.15) is 0 Å². The highest BCUT2D eigenvalue weighted by Crippen LogP contribution is 2.07. The SMILES string of the molecule is CC(=O)NCC#Cc1ccnc(F)c1C. The van der Waals surface area contributed by atoms with Gasteiger partial charge in [-0.2, -0.15) is 4.39 Å². The molecule has 1 rings (SSSR count). The van der Waals surface area contributed by atoms with Crippen LogP contribution in [0.1, 0.15) is 18.1 Å². The summed E-state index contributed by atoms with van der Waals surface area (Å²) in [6.45, 7) is 3.29. The third kappa shape index (κ3) is 3.39. The quantitative estimate of drug-likeness (QED) is 0.550. The molecular weight excluding hydrogens is 195 g/mol. The molecule has 0 aliphatic carbocycles. The van der Waals surface area contributed by atoms with E-state index in [1.54, 1.807) is 13.0 Å². The Kier molecular flexibility index (Phi) is 3.81. The van der Waals surface area contributed by atoms with E-state index in [1.165, 1.54) is 13.1 Å². The van der Waals surface area contributed by atoms with Crippen LogP contribution < -0.4 is 5.32 Å². The Balaban J connectivity index is 2.72. The topological polar surface area (TPSA) is 42.0 Å². The van der Waals surface area contributed by atoms with Gasteiger partial charge in [-0.15, -0.1) is 0 Å². The van der Waals surface area contributed by atoms with Crippen LogP contribution >= 0.6 is 0 Å². The lowest BCUT2D eigenvalue weighted by Gasteiger charge is -1.97. The average molecular weight is 206 g/mol. The largest absolute Gasteiger partial charge is 0.345 e. The molecule has 0 atom stereocenters. The fourth-order valence-electron chi connectivity index (χ4n) is 0.954. The monoisotopic (exact) mass is 206 g/mol. The number of nitrogens with zero attached hydrogens (tertiary/aromatic N) is 1. The molecule has 0 fully saturated rings. The highest BCUT2D eigenvalue weighted by molar-refractivity contribution is 5.73. The molecule has 1 amide bonds. The summed E-state index contributed by atoms with van der Waals surface area (Å²) in [5, 5.41) is 2.53. The lowest BCUT2D eigenvalue weighted by atomic mass is 10.1. The van der Waals surface area contributed by atoms with Crippen molar-refractivity contribution in [1.82, 2.24) is 10.3 Å². The fraction of sp³-hybridized carbons (Fsp3) is 0.273. The number of carbonyl (C=O) groups excluding carboxylic acids is 1. The second-order valence-corrected chi connectivity index (χ2v) is 2.99. The molecular formula is C11H11FN2O. The lowest BCUT2D eigenvalue weighted by molar-refractivity contribution is -0.118. The van der Waals surface area contributed by atoms with Crippen molar-refractivity contribution in [2.45, 2.75) is 13.8 Å². The molecule has 1 heterocycles. The van der Waals surface area contributed by atoms with E-state index in [-0.39, 0.29) is 12.5 Å². The van der Waals surface area contributed by atoms with Gasteiger partial charge in [-0.3, -0.25) is 4.79 Å². The third-order valence-electron chi connectivity index (χ3n) is 1.79. The predicted molar refractivity (Wildman–Crippen MR) is 54.5 cm³/mol. The average Bonchev–Trinajstić information content (AvgIpc) is 2.18. The van der Waals surface area contributed by atoms with Crippen molar-refractivity contribution >= 4 is 5.91 Å². The summed E-state index contributed by atoms with van der Waals surface area (Å²) in [6, 6.07) is 1.64. The zero-order valence-corrected chi connectivity index (χ0v) is 8.60. The molecule has 1 aromatic heterocycles. The molecule has 0 bridgehead atoms. The van der Waals surface area contributed by atoms with E-state index in [1.807, 2.05) is 0 Å². The zero-order valence-electron chi connectivity index (χ0n) is 8.60. The second-order valence-electron chi connectivity index (χ2n) is 2.99. The van der Waals surface area contributed by atoms with Crippen LogP contribution in [0.2, 0.25) is 0 Å². The molecule has 1 N–H and O–H groups in total. The van der Waals surface area contributed by atoms with Crippen LogP contribution in [0, 0.1) is 24.7 Å². The maximum absolute atomic E-state index is 13.0. The summed E-state index contributed by atoms with van der Waals surface area (Å²) < 4.78 is 13.0. The van der Waals surface area contributed by atoms with Crippen molar-refractivity contribution in [2.24, 2.45) is 0 Å². The van der Waals surface area contributed by atoms with Gasteiger partial charge in [0.25, 0.3) is 0 Å². The number of pyridine rings is 1. The third-order valence-corrected chi connectivity index (χ3v) is 1.79. The summed E-state index contributed by atoms with van der Waals surface area (Å²) >= 11 is 0. The Morgan fingerprint density at radius 3 is 3.07 bits per heavy atom. The van der Waals surface area contributed by atoms with E-state index in [0.29, 0.717) is 11.1 Å². The van der Waals surface area contributed by atoms with E-state index in [9.17, 15) is 9.18 Å². The maximum Gasteiger partial charge on any atom is 0.217 e. The molecule has 78 valence electrons. The number of rotatable bonds is 1. The van der Waals surface area contributed by atoms with Gasteiger partial charge < -0.3 is 5.32 Å². The van der Waals surface area contributed by atoms with Crippen LogP contribution in [0.4, 0.5) is 4.39 Å². The molecule has 0 aliphatic rings. The normalized spacial score (nSPS) is 9.00. The molecule has 0 unspecified atom stereocenters. The molecule has 0 aliphatic heterocycles. The van der Waals surface area contributed by atoms with Gasteiger partial charge in [0.2, 0.25) is 11.9 Å². The van der Waals surface area contributed by atoms with Gasteiger partial charge in [-0.25, -0.2) is 4.98 Å². The van der Waals surface area contributed by atoms with Crippen molar-refractivity contribution in [2.75, 3.05) is 6.54 Å². The summed E-state index contributed by atoms with van der Waals surface area (Å²) in [6.07, 6.45) is 1.37. The predicted octanol–water partition coefficient (Wildman–Crippen LogP) is 1.02. The van der Waals surface area contributed by atoms with E-state index < -0.39 is 5.95 Å². The number of hydrogen-bond donors (Lipinski definition) is 1. The standard InChI is InChI=1S/C11H11FN2O/c1-8-10(5-7-14-11(8)12)4-3-6-13-9(2)15/h5,7H,6H2,1-2H3,(H,13,15). The van der Waals surface area contributed by atoms with E-state index in [2.05, 4.69) is 22.1 Å². The summed E-state index contributed by atoms with van der Waals surface area (Å²) in [4.78, 5) is 14.0. The first-order valence-electron chi connectivity index (χ1n) is 4.45. The van der Waals surface area contributed by atoms with Gasteiger partial charge >= 0.3 is 0 Å². The van der Waals surface area contributed by atoms with E-state index in [4.69, 9.17) is 0 Å². The number of amides is 1. The zero-order chi connectivity index (χ0) is 11.3. The Bertz CT molecular complexity index is 432. The molecule has 0 saturated carbocycles. The molecule has 0 saturated heterocycles. The number of aromatic nitrogens is 1. The first-order chi connectivity index (χ1) is 7.11.